The van der Waals surface area contributed by atoms with E-state index in [-0.39, 0.29) is 5.91 Å². The van der Waals surface area contributed by atoms with Crippen LogP contribution in [0.5, 0.6) is 0 Å². The first kappa shape index (κ1) is 14.1. The fourth-order valence-corrected chi connectivity index (χ4v) is 2.87. The number of benzene rings is 2. The zero-order valence-corrected chi connectivity index (χ0v) is 12.3. The van der Waals surface area contributed by atoms with E-state index < -0.39 is 0 Å². The molecule has 0 saturated heterocycles. The highest BCUT2D eigenvalue weighted by atomic mass is 35.5. The fraction of sp³-hybridized carbons (Fsp3) is 0.235. The minimum absolute atomic E-state index is 0.0734. The van der Waals surface area contributed by atoms with Crippen LogP contribution in [0.25, 0.3) is 0 Å². The van der Waals surface area contributed by atoms with Crippen LogP contribution < -0.4 is 10.2 Å². The van der Waals surface area contributed by atoms with Gasteiger partial charge in [-0.15, -0.1) is 0 Å². The number of anilines is 1. The Kier molecular flexibility index (Phi) is 4.23. The van der Waals surface area contributed by atoms with Crippen molar-refractivity contribution in [3.05, 3.63) is 65.7 Å². The van der Waals surface area contributed by atoms with Crippen LogP contribution in [0.2, 0.25) is 0 Å². The topological polar surface area (TPSA) is 41.1 Å². The molecule has 0 heterocycles. The zero-order chi connectivity index (χ0) is 14.7. The number of carbonyl (C=O) groups excluding carboxylic acids is 1. The van der Waals surface area contributed by atoms with E-state index in [2.05, 4.69) is 16.2 Å². The molecule has 2 N–H and O–H groups in total. The summed E-state index contributed by atoms with van der Waals surface area (Å²) in [5.41, 5.74) is 2.76. The van der Waals surface area contributed by atoms with Gasteiger partial charge in [0.25, 0.3) is 5.91 Å². The van der Waals surface area contributed by atoms with Gasteiger partial charge >= 0.3 is 0 Å². The average molecular weight is 301 g/mol. The summed E-state index contributed by atoms with van der Waals surface area (Å²) >= 11 is 5.57. The normalized spacial score (nSPS) is 20.0. The van der Waals surface area contributed by atoms with E-state index in [0.29, 0.717) is 17.4 Å². The fourth-order valence-electron chi connectivity index (χ4n) is 2.67. The van der Waals surface area contributed by atoms with Crippen molar-refractivity contribution in [2.24, 2.45) is 5.92 Å². The standard InChI is InChI=1S/C17H17ClN2O/c18-19-11-13-10-15(13)14-8-4-5-9-16(14)20-17(21)12-6-2-1-3-7-12/h1-9,13,15,19H,10-11H2,(H,20,21). The Balaban J connectivity index is 1.76. The van der Waals surface area contributed by atoms with Crippen molar-refractivity contribution in [3.63, 3.8) is 0 Å². The molecule has 108 valence electrons. The summed E-state index contributed by atoms with van der Waals surface area (Å²) in [5.74, 6) is 0.955. The molecule has 3 nitrogen and oxygen atoms in total. The summed E-state index contributed by atoms with van der Waals surface area (Å²) in [4.78, 5) is 15.0. The first-order valence-corrected chi connectivity index (χ1v) is 7.46. The maximum Gasteiger partial charge on any atom is 0.255 e. The quantitative estimate of drug-likeness (QED) is 0.825. The molecule has 21 heavy (non-hydrogen) atoms. The van der Waals surface area contributed by atoms with Crippen molar-refractivity contribution in [3.8, 4) is 0 Å². The highest BCUT2D eigenvalue weighted by Gasteiger charge is 2.39. The summed E-state index contributed by atoms with van der Waals surface area (Å²) < 4.78 is 0. The molecule has 1 aliphatic rings. The van der Waals surface area contributed by atoms with Crippen LogP contribution in [0.15, 0.2) is 54.6 Å². The van der Waals surface area contributed by atoms with E-state index in [1.54, 1.807) is 0 Å². The molecule has 2 aromatic carbocycles. The van der Waals surface area contributed by atoms with Crippen LogP contribution in [0.1, 0.15) is 28.3 Å². The highest BCUT2D eigenvalue weighted by molar-refractivity contribution is 6.13. The Hall–Kier alpha value is -1.84. The lowest BCUT2D eigenvalue weighted by atomic mass is 10.1. The number of nitrogens with one attached hydrogen (secondary N) is 2. The van der Waals surface area contributed by atoms with Crippen molar-refractivity contribution in [1.29, 1.82) is 0 Å². The summed E-state index contributed by atoms with van der Waals surface area (Å²) in [7, 11) is 0. The van der Waals surface area contributed by atoms with Crippen molar-refractivity contribution >= 4 is 23.4 Å². The SMILES string of the molecule is O=C(Nc1ccccc1C1CC1CNCl)c1ccccc1. The number of halogens is 1. The Bertz CT molecular complexity index is 630. The number of amides is 1. The van der Waals surface area contributed by atoms with Crippen molar-refractivity contribution in [2.45, 2.75) is 12.3 Å². The van der Waals surface area contributed by atoms with Gasteiger partial charge < -0.3 is 5.32 Å². The zero-order valence-electron chi connectivity index (χ0n) is 11.6. The van der Waals surface area contributed by atoms with Gasteiger partial charge in [0.05, 0.1) is 0 Å². The molecule has 1 aliphatic carbocycles. The van der Waals surface area contributed by atoms with E-state index in [9.17, 15) is 4.79 Å². The Labute approximate surface area is 129 Å². The molecular formula is C17H17ClN2O. The van der Waals surface area contributed by atoms with E-state index in [0.717, 1.165) is 18.7 Å². The summed E-state index contributed by atoms with van der Waals surface area (Å²) in [6, 6.07) is 17.3. The summed E-state index contributed by atoms with van der Waals surface area (Å²) in [6.45, 7) is 0.799. The average Bonchev–Trinajstić information content (AvgIpc) is 3.28. The van der Waals surface area contributed by atoms with E-state index >= 15 is 0 Å². The lowest BCUT2D eigenvalue weighted by Gasteiger charge is -2.11. The van der Waals surface area contributed by atoms with E-state index in [1.807, 2.05) is 48.5 Å². The number of hydrogen-bond donors (Lipinski definition) is 2. The Morgan fingerprint density at radius 2 is 1.81 bits per heavy atom. The van der Waals surface area contributed by atoms with Crippen LogP contribution in [0.4, 0.5) is 5.69 Å². The molecule has 0 spiro atoms. The molecule has 0 aliphatic heterocycles. The van der Waals surface area contributed by atoms with Gasteiger partial charge in [0.2, 0.25) is 0 Å². The molecule has 0 bridgehead atoms. The number of hydrogen-bond acceptors (Lipinski definition) is 2. The smallest absolute Gasteiger partial charge is 0.255 e. The molecule has 2 aromatic rings. The van der Waals surface area contributed by atoms with Gasteiger partial charge in [-0.25, -0.2) is 4.84 Å². The third kappa shape index (κ3) is 3.26. The lowest BCUT2D eigenvalue weighted by Crippen LogP contribution is -2.13. The molecule has 2 atom stereocenters. The second kappa shape index (κ2) is 6.29. The maximum absolute atomic E-state index is 12.3. The minimum atomic E-state index is -0.0734. The van der Waals surface area contributed by atoms with Crippen LogP contribution in [-0.4, -0.2) is 12.5 Å². The molecule has 0 radical (unpaired) electrons. The van der Waals surface area contributed by atoms with Crippen LogP contribution in [0, 0.1) is 5.92 Å². The number of rotatable bonds is 5. The van der Waals surface area contributed by atoms with Crippen LogP contribution in [0.3, 0.4) is 0 Å². The monoisotopic (exact) mass is 300 g/mol. The van der Waals surface area contributed by atoms with Gasteiger partial charge in [-0.05, 0) is 53.8 Å². The van der Waals surface area contributed by atoms with E-state index in [1.165, 1.54) is 5.56 Å². The van der Waals surface area contributed by atoms with Crippen molar-refractivity contribution in [2.75, 3.05) is 11.9 Å². The molecule has 2 unspecified atom stereocenters. The number of carbonyl (C=O) groups is 1. The number of para-hydroxylation sites is 1. The van der Waals surface area contributed by atoms with Crippen LogP contribution in [-0.2, 0) is 0 Å². The van der Waals surface area contributed by atoms with Gasteiger partial charge in [-0.2, -0.15) is 0 Å². The Morgan fingerprint density at radius 1 is 1.10 bits per heavy atom. The summed E-state index contributed by atoms with van der Waals surface area (Å²) in [5, 5.41) is 3.02. The largest absolute Gasteiger partial charge is 0.322 e. The van der Waals surface area contributed by atoms with E-state index in [4.69, 9.17) is 11.8 Å². The van der Waals surface area contributed by atoms with Crippen LogP contribution >= 0.6 is 11.8 Å². The first-order chi connectivity index (χ1) is 10.3. The molecule has 1 fully saturated rings. The Morgan fingerprint density at radius 3 is 2.57 bits per heavy atom. The molecular weight excluding hydrogens is 284 g/mol. The van der Waals surface area contributed by atoms with Gasteiger partial charge in [-0.1, -0.05) is 36.4 Å². The van der Waals surface area contributed by atoms with Gasteiger partial charge in [0, 0.05) is 17.8 Å². The third-order valence-electron chi connectivity index (χ3n) is 3.91. The lowest BCUT2D eigenvalue weighted by molar-refractivity contribution is 0.102. The second-order valence-electron chi connectivity index (χ2n) is 5.35. The maximum atomic E-state index is 12.3. The molecule has 4 heteroatoms. The molecule has 3 rings (SSSR count). The molecule has 1 amide bonds. The second-order valence-corrected chi connectivity index (χ2v) is 5.61. The summed E-state index contributed by atoms with van der Waals surface area (Å²) in [6.07, 6.45) is 1.11. The highest BCUT2D eigenvalue weighted by Crippen LogP contribution is 2.49. The van der Waals surface area contributed by atoms with Gasteiger partial charge in [0.1, 0.15) is 0 Å². The van der Waals surface area contributed by atoms with Crippen molar-refractivity contribution < 1.29 is 4.79 Å². The predicted octanol–water partition coefficient (Wildman–Crippen LogP) is 3.79. The predicted molar refractivity (Wildman–Crippen MR) is 85.5 cm³/mol. The molecule has 1 saturated carbocycles. The first-order valence-electron chi connectivity index (χ1n) is 7.08. The van der Waals surface area contributed by atoms with Gasteiger partial charge in [0.15, 0.2) is 0 Å². The third-order valence-corrected chi connectivity index (χ3v) is 4.06. The van der Waals surface area contributed by atoms with Crippen molar-refractivity contribution in [1.82, 2.24) is 4.84 Å². The molecule has 0 aromatic heterocycles. The minimum Gasteiger partial charge on any atom is -0.322 e. The van der Waals surface area contributed by atoms with Gasteiger partial charge in [-0.3, -0.25) is 4.79 Å².